The summed E-state index contributed by atoms with van der Waals surface area (Å²) in [7, 11) is 1.54. The van der Waals surface area contributed by atoms with Crippen molar-refractivity contribution in [3.63, 3.8) is 0 Å². The van der Waals surface area contributed by atoms with E-state index in [1.165, 1.54) is 0 Å². The molecule has 4 amide bonds. The number of methoxy groups -OCH3 is 1. The average Bonchev–Trinajstić information content (AvgIpc) is 2.89. The maximum atomic E-state index is 12.8. The highest BCUT2D eigenvalue weighted by molar-refractivity contribution is 7.98. The first-order valence-electron chi connectivity index (χ1n) is 8.53. The number of hydrogen-bond donors (Lipinski definition) is 3. The van der Waals surface area contributed by atoms with E-state index in [1.54, 1.807) is 50.1 Å². The van der Waals surface area contributed by atoms with Crippen LogP contribution in [0.3, 0.4) is 0 Å². The van der Waals surface area contributed by atoms with Crippen LogP contribution in [0.4, 0.5) is 4.79 Å². The number of carbonyl (C=O) groups is 3. The first-order valence-corrected chi connectivity index (χ1v) is 9.93. The van der Waals surface area contributed by atoms with Crippen LogP contribution in [0.25, 0.3) is 0 Å². The highest BCUT2D eigenvalue weighted by Gasteiger charge is 2.49. The first kappa shape index (κ1) is 21.0. The number of hydrogen-bond acceptors (Lipinski definition) is 6. The molecule has 1 heterocycles. The van der Waals surface area contributed by atoms with Crippen LogP contribution < -0.4 is 15.4 Å². The fourth-order valence-electron chi connectivity index (χ4n) is 2.85. The Morgan fingerprint density at radius 1 is 1.37 bits per heavy atom. The van der Waals surface area contributed by atoms with Gasteiger partial charge in [0.2, 0.25) is 5.91 Å². The number of imide groups is 1. The number of nitrogens with one attached hydrogen (secondary N) is 2. The van der Waals surface area contributed by atoms with Crippen LogP contribution in [0, 0.1) is 0 Å². The predicted octanol–water partition coefficient (Wildman–Crippen LogP) is 0.692. The summed E-state index contributed by atoms with van der Waals surface area (Å²) in [6.07, 6.45) is 2.54. The number of aliphatic hydroxyl groups is 1. The van der Waals surface area contributed by atoms with Gasteiger partial charge < -0.3 is 20.5 Å². The molecule has 3 N–H and O–H groups in total. The van der Waals surface area contributed by atoms with Crippen LogP contribution in [0.1, 0.15) is 18.9 Å². The third-order valence-corrected chi connectivity index (χ3v) is 5.14. The standard InChI is InChI=1S/C18H25N3O5S/c1-18(12-4-6-14(26-2)7-5-12)16(24)21(17(25)20-18)10-15(23)19-13(11-22)8-9-27-3/h4-7,13,22H,8-11H2,1-3H3,(H,19,23)(H,20,25). The molecule has 1 aliphatic rings. The summed E-state index contributed by atoms with van der Waals surface area (Å²) in [5.41, 5.74) is -0.656. The second-order valence-electron chi connectivity index (χ2n) is 6.40. The molecule has 8 nitrogen and oxygen atoms in total. The molecule has 1 aromatic rings. The number of ether oxygens (including phenoxy) is 1. The van der Waals surface area contributed by atoms with E-state index in [2.05, 4.69) is 10.6 Å². The van der Waals surface area contributed by atoms with E-state index < -0.39 is 36.0 Å². The van der Waals surface area contributed by atoms with Gasteiger partial charge in [0.05, 0.1) is 19.8 Å². The Kier molecular flexibility index (Phi) is 7.09. The van der Waals surface area contributed by atoms with Gasteiger partial charge in [0.15, 0.2) is 0 Å². The fraction of sp³-hybridized carbons (Fsp3) is 0.500. The summed E-state index contributed by atoms with van der Waals surface area (Å²) in [4.78, 5) is 38.3. The number of urea groups is 1. The van der Waals surface area contributed by atoms with Crippen LogP contribution in [-0.2, 0) is 15.1 Å². The Morgan fingerprint density at radius 2 is 2.04 bits per heavy atom. The number of thioether (sulfide) groups is 1. The van der Waals surface area contributed by atoms with Crippen LogP contribution in [0.15, 0.2) is 24.3 Å². The molecule has 1 fully saturated rings. The van der Waals surface area contributed by atoms with E-state index in [0.717, 1.165) is 10.7 Å². The van der Waals surface area contributed by atoms with E-state index in [1.807, 2.05) is 6.26 Å². The van der Waals surface area contributed by atoms with Gasteiger partial charge in [-0.2, -0.15) is 11.8 Å². The molecule has 0 aromatic heterocycles. The van der Waals surface area contributed by atoms with Crippen molar-refractivity contribution in [2.24, 2.45) is 0 Å². The highest BCUT2D eigenvalue weighted by atomic mass is 32.2. The molecule has 148 valence electrons. The molecular weight excluding hydrogens is 370 g/mol. The third kappa shape index (κ3) is 4.72. The molecule has 0 bridgehead atoms. The fourth-order valence-corrected chi connectivity index (χ4v) is 3.37. The van der Waals surface area contributed by atoms with Gasteiger partial charge in [0, 0.05) is 0 Å². The van der Waals surface area contributed by atoms with Gasteiger partial charge in [-0.05, 0) is 43.0 Å². The quantitative estimate of drug-likeness (QED) is 0.531. The molecule has 1 aliphatic heterocycles. The van der Waals surface area contributed by atoms with E-state index in [9.17, 15) is 19.5 Å². The van der Waals surface area contributed by atoms with Crippen molar-refractivity contribution in [2.45, 2.75) is 24.9 Å². The minimum absolute atomic E-state index is 0.198. The van der Waals surface area contributed by atoms with E-state index in [4.69, 9.17) is 4.74 Å². The lowest BCUT2D eigenvalue weighted by atomic mass is 9.92. The van der Waals surface area contributed by atoms with Gasteiger partial charge in [-0.15, -0.1) is 0 Å². The number of amides is 4. The lowest BCUT2D eigenvalue weighted by molar-refractivity contribution is -0.135. The maximum Gasteiger partial charge on any atom is 0.325 e. The number of aliphatic hydroxyl groups excluding tert-OH is 1. The van der Waals surface area contributed by atoms with Gasteiger partial charge >= 0.3 is 6.03 Å². The Balaban J connectivity index is 2.07. The molecule has 2 rings (SSSR count). The van der Waals surface area contributed by atoms with Crippen molar-refractivity contribution in [1.29, 1.82) is 0 Å². The zero-order valence-corrected chi connectivity index (χ0v) is 16.5. The predicted molar refractivity (Wildman–Crippen MR) is 103 cm³/mol. The minimum atomic E-state index is -1.25. The zero-order valence-electron chi connectivity index (χ0n) is 15.7. The maximum absolute atomic E-state index is 12.8. The number of carbonyl (C=O) groups excluding carboxylic acids is 3. The molecule has 1 saturated heterocycles. The third-order valence-electron chi connectivity index (χ3n) is 4.50. The molecule has 0 aliphatic carbocycles. The second-order valence-corrected chi connectivity index (χ2v) is 7.39. The normalized spacial score (nSPS) is 20.4. The zero-order chi connectivity index (χ0) is 20.0. The summed E-state index contributed by atoms with van der Waals surface area (Å²) < 4.78 is 5.10. The molecule has 2 unspecified atom stereocenters. The smallest absolute Gasteiger partial charge is 0.325 e. The minimum Gasteiger partial charge on any atom is -0.497 e. The molecule has 0 spiro atoms. The van der Waals surface area contributed by atoms with Crippen molar-refractivity contribution in [3.8, 4) is 5.75 Å². The second kappa shape index (κ2) is 9.09. The van der Waals surface area contributed by atoms with E-state index in [-0.39, 0.29) is 6.61 Å². The van der Waals surface area contributed by atoms with Gasteiger partial charge in [-0.25, -0.2) is 4.79 Å². The lowest BCUT2D eigenvalue weighted by Gasteiger charge is -2.22. The molecule has 27 heavy (non-hydrogen) atoms. The SMILES string of the molecule is COc1ccc(C2(C)NC(=O)N(CC(=O)NC(CO)CCSC)C2=O)cc1. The molecule has 1 aromatic carbocycles. The molecule has 2 atom stereocenters. The summed E-state index contributed by atoms with van der Waals surface area (Å²) >= 11 is 1.61. The summed E-state index contributed by atoms with van der Waals surface area (Å²) in [5, 5.41) is 14.7. The molecule has 0 saturated carbocycles. The topological polar surface area (TPSA) is 108 Å². The summed E-state index contributed by atoms with van der Waals surface area (Å²) in [6, 6.07) is 5.77. The number of nitrogens with zero attached hydrogens (tertiary/aromatic N) is 1. The highest BCUT2D eigenvalue weighted by Crippen LogP contribution is 2.29. The first-order chi connectivity index (χ1) is 12.8. The number of benzene rings is 1. The summed E-state index contributed by atoms with van der Waals surface area (Å²) in [5.74, 6) is 0.426. The Hall–Kier alpha value is -2.26. The summed E-state index contributed by atoms with van der Waals surface area (Å²) in [6.45, 7) is 1.00. The lowest BCUT2D eigenvalue weighted by Crippen LogP contribution is -2.46. The molecular formula is C18H25N3O5S. The van der Waals surface area contributed by atoms with Gasteiger partial charge in [0.1, 0.15) is 17.8 Å². The Bertz CT molecular complexity index is 697. The molecule has 9 heteroatoms. The van der Waals surface area contributed by atoms with Crippen molar-refractivity contribution in [2.75, 3.05) is 32.3 Å². The largest absolute Gasteiger partial charge is 0.497 e. The van der Waals surface area contributed by atoms with Crippen LogP contribution in [0.5, 0.6) is 5.75 Å². The van der Waals surface area contributed by atoms with Crippen molar-refractivity contribution in [1.82, 2.24) is 15.5 Å². The van der Waals surface area contributed by atoms with Crippen LogP contribution >= 0.6 is 11.8 Å². The van der Waals surface area contributed by atoms with Crippen molar-refractivity contribution < 1.29 is 24.2 Å². The van der Waals surface area contributed by atoms with E-state index >= 15 is 0 Å². The monoisotopic (exact) mass is 395 g/mol. The van der Waals surface area contributed by atoms with Crippen LogP contribution in [-0.4, -0.2) is 66.2 Å². The Labute approximate surface area is 162 Å². The van der Waals surface area contributed by atoms with Crippen molar-refractivity contribution >= 4 is 29.6 Å². The van der Waals surface area contributed by atoms with E-state index in [0.29, 0.717) is 17.7 Å². The molecule has 0 radical (unpaired) electrons. The Morgan fingerprint density at radius 3 is 2.59 bits per heavy atom. The van der Waals surface area contributed by atoms with Crippen molar-refractivity contribution in [3.05, 3.63) is 29.8 Å². The van der Waals surface area contributed by atoms with Gasteiger partial charge in [-0.1, -0.05) is 12.1 Å². The van der Waals surface area contributed by atoms with Gasteiger partial charge in [0.25, 0.3) is 5.91 Å². The van der Waals surface area contributed by atoms with Crippen LogP contribution in [0.2, 0.25) is 0 Å². The van der Waals surface area contributed by atoms with Gasteiger partial charge in [-0.3, -0.25) is 14.5 Å². The number of rotatable bonds is 9. The average molecular weight is 395 g/mol.